The van der Waals surface area contributed by atoms with Crippen LogP contribution in [0.5, 0.6) is 0 Å². The molecule has 46 valence electrons. The van der Waals surface area contributed by atoms with E-state index in [-0.39, 0.29) is 65.6 Å². The van der Waals surface area contributed by atoms with E-state index in [4.69, 9.17) is 0 Å². The predicted octanol–water partition coefficient (Wildman–Crippen LogP) is -1.88. The second kappa shape index (κ2) is 11.5. The molecule has 0 amide bonds. The molecule has 0 saturated heterocycles. The summed E-state index contributed by atoms with van der Waals surface area (Å²) in [6, 6.07) is 0. The van der Waals surface area contributed by atoms with Crippen LogP contribution < -0.4 is 58.2 Å². The fourth-order valence-corrected chi connectivity index (χ4v) is 0.0913. The van der Waals surface area contributed by atoms with E-state index >= 15 is 0 Å². The molecule has 0 rings (SSSR count). The van der Waals surface area contributed by atoms with E-state index in [1.165, 1.54) is 0 Å². The van der Waals surface area contributed by atoms with Crippen LogP contribution in [-0.2, 0) is 4.84 Å². The Bertz CT molecular complexity index is 31.6. The monoisotopic (exact) mass is 188 g/mol. The van der Waals surface area contributed by atoms with Gasteiger partial charge in [0.05, 0.1) is 0 Å². The molecule has 0 aromatic carbocycles. The van der Waals surface area contributed by atoms with Gasteiger partial charge in [0.2, 0.25) is 0 Å². The SMILES string of the molecule is [CH2-]ON(C)CC.[CH3-].[Rb+]. The van der Waals surface area contributed by atoms with Gasteiger partial charge in [0.1, 0.15) is 0 Å². The summed E-state index contributed by atoms with van der Waals surface area (Å²) in [6.07, 6.45) is 0. The van der Waals surface area contributed by atoms with Crippen LogP contribution in [0.25, 0.3) is 0 Å². The van der Waals surface area contributed by atoms with Crippen LogP contribution >= 0.6 is 0 Å². The first kappa shape index (κ1) is 16.4. The van der Waals surface area contributed by atoms with Crippen LogP contribution in [-0.4, -0.2) is 18.7 Å². The van der Waals surface area contributed by atoms with Gasteiger partial charge in [0.15, 0.2) is 0 Å². The first-order chi connectivity index (χ1) is 2.81. The molecule has 0 aliphatic heterocycles. The average molecular weight is 189 g/mol. The Hall–Kier alpha value is 1.73. The largest absolute Gasteiger partial charge is 1.00 e. The average Bonchev–Trinajstić information content (AvgIpc) is 1.65. The van der Waals surface area contributed by atoms with Crippen LogP contribution in [0.1, 0.15) is 6.92 Å². The maximum atomic E-state index is 4.48. The maximum absolute atomic E-state index is 4.48. The minimum atomic E-state index is 0. The number of hydroxylamine groups is 2. The minimum Gasteiger partial charge on any atom is -0.476 e. The van der Waals surface area contributed by atoms with Crippen molar-refractivity contribution in [2.75, 3.05) is 13.6 Å². The Morgan fingerprint density at radius 3 is 2.00 bits per heavy atom. The Labute approximate surface area is 101 Å². The quantitative estimate of drug-likeness (QED) is 0.372. The number of hydrogen-bond acceptors (Lipinski definition) is 2. The zero-order valence-electron chi connectivity index (χ0n) is 6.27. The van der Waals surface area contributed by atoms with E-state index in [9.17, 15) is 0 Å². The van der Waals surface area contributed by atoms with Gasteiger partial charge in [0, 0.05) is 13.6 Å². The van der Waals surface area contributed by atoms with E-state index in [0.717, 1.165) is 6.54 Å². The van der Waals surface area contributed by atoms with Gasteiger partial charge in [-0.05, 0) is 0 Å². The van der Waals surface area contributed by atoms with E-state index in [1.807, 2.05) is 14.0 Å². The van der Waals surface area contributed by atoms with Crippen molar-refractivity contribution in [3.05, 3.63) is 14.5 Å². The molecule has 0 atom stereocenters. The molecule has 0 aliphatic rings. The van der Waals surface area contributed by atoms with E-state index in [1.54, 1.807) is 5.06 Å². The van der Waals surface area contributed by atoms with E-state index in [2.05, 4.69) is 11.9 Å². The van der Waals surface area contributed by atoms with Crippen molar-refractivity contribution in [2.45, 2.75) is 6.92 Å². The molecule has 0 unspecified atom stereocenters. The number of hydrogen-bond donors (Lipinski definition) is 0. The molecular weight excluding hydrogens is 176 g/mol. The Kier molecular flexibility index (Phi) is 23.6. The third-order valence-corrected chi connectivity index (χ3v) is 0.666. The topological polar surface area (TPSA) is 12.5 Å². The molecule has 0 aromatic heterocycles. The molecule has 0 aliphatic carbocycles. The molecule has 0 fully saturated rings. The minimum absolute atomic E-state index is 0. The van der Waals surface area contributed by atoms with E-state index < -0.39 is 0 Å². The zero-order valence-corrected chi connectivity index (χ0v) is 11.2. The molecule has 0 aromatic rings. The molecule has 0 saturated carbocycles. The fourth-order valence-electron chi connectivity index (χ4n) is 0.0913. The van der Waals surface area contributed by atoms with Gasteiger partial charge < -0.3 is 12.3 Å². The summed E-state index contributed by atoms with van der Waals surface area (Å²) in [7, 11) is 5.01. The Balaban J connectivity index is -0.000000125. The fraction of sp³-hybridized carbons (Fsp3) is 0.600. The van der Waals surface area contributed by atoms with Crippen molar-refractivity contribution in [3.8, 4) is 0 Å². The summed E-state index contributed by atoms with van der Waals surface area (Å²) in [4.78, 5) is 4.48. The van der Waals surface area contributed by atoms with Crippen molar-refractivity contribution < 1.29 is 63.0 Å². The summed E-state index contributed by atoms with van der Waals surface area (Å²) in [5.41, 5.74) is 0. The van der Waals surface area contributed by atoms with Crippen LogP contribution in [0.4, 0.5) is 0 Å². The van der Waals surface area contributed by atoms with Crippen LogP contribution in [0, 0.1) is 14.5 Å². The first-order valence-corrected chi connectivity index (χ1v) is 1.94. The van der Waals surface area contributed by atoms with Gasteiger partial charge in [-0.25, -0.2) is 12.2 Å². The second-order valence-corrected chi connectivity index (χ2v) is 1.07. The van der Waals surface area contributed by atoms with Gasteiger partial charge in [0.25, 0.3) is 0 Å². The molecule has 0 N–H and O–H groups in total. The maximum Gasteiger partial charge on any atom is 1.00 e. The normalized spacial score (nSPS) is 7.50. The molecule has 0 bridgehead atoms. The first-order valence-electron chi connectivity index (χ1n) is 1.94. The van der Waals surface area contributed by atoms with Gasteiger partial charge in [-0.1, -0.05) is 6.92 Å². The Morgan fingerprint density at radius 1 is 1.62 bits per heavy atom. The molecule has 0 spiro atoms. The second-order valence-electron chi connectivity index (χ2n) is 1.07. The molecule has 0 heterocycles. The van der Waals surface area contributed by atoms with Gasteiger partial charge in [-0.15, -0.1) is 0 Å². The van der Waals surface area contributed by atoms with Gasteiger partial charge >= 0.3 is 58.2 Å². The molecular formula is C5H13NORb-. The summed E-state index contributed by atoms with van der Waals surface area (Å²) in [5.74, 6) is 0. The van der Waals surface area contributed by atoms with Crippen molar-refractivity contribution in [3.63, 3.8) is 0 Å². The molecule has 8 heavy (non-hydrogen) atoms. The molecule has 2 nitrogen and oxygen atoms in total. The van der Waals surface area contributed by atoms with Crippen LogP contribution in [0.15, 0.2) is 0 Å². The van der Waals surface area contributed by atoms with Gasteiger partial charge in [-0.2, -0.15) is 0 Å². The molecule has 3 heteroatoms. The Morgan fingerprint density at radius 2 is 2.00 bits per heavy atom. The van der Waals surface area contributed by atoms with E-state index in [0.29, 0.717) is 0 Å². The smallest absolute Gasteiger partial charge is 0.476 e. The van der Waals surface area contributed by atoms with Crippen molar-refractivity contribution in [2.24, 2.45) is 0 Å². The predicted molar refractivity (Wildman–Crippen MR) is 31.2 cm³/mol. The van der Waals surface area contributed by atoms with Crippen molar-refractivity contribution in [1.29, 1.82) is 0 Å². The third kappa shape index (κ3) is 10.7. The van der Waals surface area contributed by atoms with Gasteiger partial charge in [-0.3, -0.25) is 0 Å². The van der Waals surface area contributed by atoms with Crippen LogP contribution in [0.2, 0.25) is 0 Å². The number of rotatable bonds is 2. The van der Waals surface area contributed by atoms with Crippen molar-refractivity contribution in [1.82, 2.24) is 5.06 Å². The number of nitrogens with zero attached hydrogens (tertiary/aromatic N) is 1. The summed E-state index contributed by atoms with van der Waals surface area (Å²) >= 11 is 0. The summed E-state index contributed by atoms with van der Waals surface area (Å²) < 4.78 is 0. The summed E-state index contributed by atoms with van der Waals surface area (Å²) in [6.45, 7) is 2.87. The third-order valence-electron chi connectivity index (χ3n) is 0.666. The standard InChI is InChI=1S/C4H10NO.CH3.Rb/c1-4-5(2)6-3;;/h3-4H2,1-2H3;1H3;/q2*-1;+1. The van der Waals surface area contributed by atoms with Crippen molar-refractivity contribution >= 4 is 0 Å². The van der Waals surface area contributed by atoms with Crippen LogP contribution in [0.3, 0.4) is 0 Å². The zero-order chi connectivity index (χ0) is 4.99. The summed E-state index contributed by atoms with van der Waals surface area (Å²) in [5, 5.41) is 1.64. The molecule has 0 radical (unpaired) electrons.